The maximum atomic E-state index is 11.7. The second kappa shape index (κ2) is 39.2. The minimum absolute atomic E-state index is 0.157. The highest BCUT2D eigenvalue weighted by Gasteiger charge is 1.99. The summed E-state index contributed by atoms with van der Waals surface area (Å²) in [6.45, 7) is 7.55. The van der Waals surface area contributed by atoms with Crippen LogP contribution in [-0.2, 0) is 9.59 Å². The average Bonchev–Trinajstić information content (AvgIpc) is 2.98. The second-order valence-electron chi connectivity index (χ2n) is 11.8. The summed E-state index contributed by atoms with van der Waals surface area (Å²) in [4.78, 5) is 22.1. The van der Waals surface area contributed by atoms with Gasteiger partial charge in [0, 0.05) is 19.4 Å². The van der Waals surface area contributed by atoms with Gasteiger partial charge in [-0.15, -0.1) is 0 Å². The first kappa shape index (κ1) is 42.3. The van der Waals surface area contributed by atoms with Crippen LogP contribution >= 0.6 is 0 Å². The van der Waals surface area contributed by atoms with Crippen LogP contribution in [0.15, 0.2) is 36.5 Å². The molecule has 0 aliphatic heterocycles. The molecular weight excluding hydrogens is 516 g/mol. The Kier molecular flexibility index (Phi) is 39.4. The van der Waals surface area contributed by atoms with Crippen LogP contribution in [0.25, 0.3) is 0 Å². The van der Waals surface area contributed by atoms with Gasteiger partial charge in [0.1, 0.15) is 0 Å². The molecule has 0 bridgehead atoms. The zero-order valence-electron chi connectivity index (χ0n) is 28.4. The van der Waals surface area contributed by atoms with Gasteiger partial charge in [0.05, 0.1) is 0 Å². The summed E-state index contributed by atoms with van der Waals surface area (Å²) in [5.74, 6) is 0.0621. The molecule has 0 fully saturated rings. The van der Waals surface area contributed by atoms with E-state index < -0.39 is 0 Å². The highest BCUT2D eigenvalue weighted by molar-refractivity contribution is 5.75. The first-order valence-corrected chi connectivity index (χ1v) is 18.1. The van der Waals surface area contributed by atoms with Crippen LogP contribution in [0.3, 0.4) is 0 Å². The van der Waals surface area contributed by atoms with Crippen molar-refractivity contribution in [1.82, 2.24) is 5.32 Å². The molecule has 0 saturated heterocycles. The van der Waals surface area contributed by atoms with Crippen molar-refractivity contribution < 1.29 is 9.59 Å². The number of carbonyl (C=O) groups excluding carboxylic acids is 2. The molecule has 42 heavy (non-hydrogen) atoms. The first-order valence-electron chi connectivity index (χ1n) is 18.1. The summed E-state index contributed by atoms with van der Waals surface area (Å²) in [5.41, 5.74) is 5.07. The van der Waals surface area contributed by atoms with Gasteiger partial charge >= 0.3 is 0 Å². The van der Waals surface area contributed by atoms with Gasteiger partial charge in [0.15, 0.2) is 0 Å². The lowest BCUT2D eigenvalue weighted by atomic mass is 10.1. The van der Waals surface area contributed by atoms with E-state index in [9.17, 15) is 9.59 Å². The van der Waals surface area contributed by atoms with E-state index in [2.05, 4.69) is 62.5 Å². The van der Waals surface area contributed by atoms with Crippen molar-refractivity contribution in [2.24, 2.45) is 5.73 Å². The molecule has 0 aliphatic rings. The molecular formula is C38H72N2O2. The lowest BCUT2D eigenvalue weighted by Gasteiger charge is -2.04. The SMILES string of the molecule is CCCCC/C=C\C/C=C\C/C=C\CCCCC(=O)NCCCCCC.CCCCCCCCCCCCCC(N)=O. The number of hydrogen-bond acceptors (Lipinski definition) is 2. The second-order valence-corrected chi connectivity index (χ2v) is 11.8. The lowest BCUT2D eigenvalue weighted by molar-refractivity contribution is -0.121. The largest absolute Gasteiger partial charge is 0.370 e. The zero-order chi connectivity index (χ0) is 31.2. The van der Waals surface area contributed by atoms with E-state index in [0.717, 1.165) is 51.5 Å². The lowest BCUT2D eigenvalue weighted by Crippen LogP contribution is -2.23. The summed E-state index contributed by atoms with van der Waals surface area (Å²) in [5, 5.41) is 3.02. The molecule has 0 aromatic carbocycles. The quantitative estimate of drug-likeness (QED) is 0.0647. The van der Waals surface area contributed by atoms with Crippen LogP contribution < -0.4 is 11.1 Å². The number of amides is 2. The third kappa shape index (κ3) is 42.6. The Morgan fingerprint density at radius 1 is 0.476 bits per heavy atom. The highest BCUT2D eigenvalue weighted by atomic mass is 16.1. The number of rotatable bonds is 30. The Labute approximate surface area is 262 Å². The van der Waals surface area contributed by atoms with Crippen molar-refractivity contribution in [2.45, 2.75) is 188 Å². The Morgan fingerprint density at radius 3 is 1.36 bits per heavy atom. The molecule has 0 rings (SSSR count). The number of nitrogens with one attached hydrogen (secondary N) is 1. The van der Waals surface area contributed by atoms with E-state index >= 15 is 0 Å². The fourth-order valence-electron chi connectivity index (χ4n) is 4.67. The van der Waals surface area contributed by atoms with Gasteiger partial charge in [-0.3, -0.25) is 9.59 Å². The molecule has 0 radical (unpaired) electrons. The van der Waals surface area contributed by atoms with Gasteiger partial charge < -0.3 is 11.1 Å². The third-order valence-corrected chi connectivity index (χ3v) is 7.42. The van der Waals surface area contributed by atoms with Gasteiger partial charge in [-0.1, -0.05) is 154 Å². The molecule has 0 saturated carbocycles. The fourth-order valence-corrected chi connectivity index (χ4v) is 4.67. The zero-order valence-corrected chi connectivity index (χ0v) is 28.4. The minimum atomic E-state index is -0.157. The van der Waals surface area contributed by atoms with E-state index in [-0.39, 0.29) is 11.8 Å². The van der Waals surface area contributed by atoms with E-state index in [1.807, 2.05) is 0 Å². The maximum Gasteiger partial charge on any atom is 0.219 e. The van der Waals surface area contributed by atoms with Gasteiger partial charge in [-0.05, 0) is 57.8 Å². The van der Waals surface area contributed by atoms with Crippen LogP contribution in [0.4, 0.5) is 0 Å². The van der Waals surface area contributed by atoms with Gasteiger partial charge in [-0.25, -0.2) is 0 Å². The minimum Gasteiger partial charge on any atom is -0.370 e. The number of nitrogens with two attached hydrogens (primary N) is 1. The number of unbranched alkanes of at least 4 members (excludes halogenated alkanes) is 18. The van der Waals surface area contributed by atoms with E-state index in [1.165, 1.54) is 109 Å². The Balaban J connectivity index is 0. The van der Waals surface area contributed by atoms with Crippen LogP contribution in [0, 0.1) is 0 Å². The van der Waals surface area contributed by atoms with Crippen molar-refractivity contribution in [3.8, 4) is 0 Å². The predicted octanol–water partition coefficient (Wildman–Crippen LogP) is 11.4. The monoisotopic (exact) mass is 589 g/mol. The van der Waals surface area contributed by atoms with Crippen LogP contribution in [0.2, 0.25) is 0 Å². The van der Waals surface area contributed by atoms with Crippen molar-refractivity contribution in [3.63, 3.8) is 0 Å². The molecule has 0 aromatic heterocycles. The number of hydrogen-bond donors (Lipinski definition) is 2. The molecule has 0 aromatic rings. The van der Waals surface area contributed by atoms with Gasteiger partial charge in [0.25, 0.3) is 0 Å². The molecule has 246 valence electrons. The predicted molar refractivity (Wildman–Crippen MR) is 187 cm³/mol. The van der Waals surface area contributed by atoms with Crippen molar-refractivity contribution in [3.05, 3.63) is 36.5 Å². The molecule has 0 aliphatic carbocycles. The summed E-state index contributed by atoms with van der Waals surface area (Å²) in [6.07, 6.45) is 44.5. The summed E-state index contributed by atoms with van der Waals surface area (Å²) >= 11 is 0. The average molecular weight is 589 g/mol. The van der Waals surface area contributed by atoms with Crippen LogP contribution in [0.5, 0.6) is 0 Å². The molecule has 0 unspecified atom stereocenters. The molecule has 0 spiro atoms. The van der Waals surface area contributed by atoms with Crippen molar-refractivity contribution >= 4 is 11.8 Å². The van der Waals surface area contributed by atoms with E-state index in [4.69, 9.17) is 5.73 Å². The van der Waals surface area contributed by atoms with E-state index in [0.29, 0.717) is 12.8 Å². The molecule has 4 heteroatoms. The van der Waals surface area contributed by atoms with Gasteiger partial charge in [-0.2, -0.15) is 0 Å². The number of primary amides is 1. The topological polar surface area (TPSA) is 72.2 Å². The molecule has 4 nitrogen and oxygen atoms in total. The Hall–Kier alpha value is -1.84. The molecule has 0 atom stereocenters. The Morgan fingerprint density at radius 2 is 0.857 bits per heavy atom. The van der Waals surface area contributed by atoms with Crippen molar-refractivity contribution in [2.75, 3.05) is 6.54 Å². The van der Waals surface area contributed by atoms with E-state index in [1.54, 1.807) is 0 Å². The smallest absolute Gasteiger partial charge is 0.219 e. The fraction of sp³-hybridized carbons (Fsp3) is 0.789. The molecule has 2 amide bonds. The standard InChI is InChI=1S/C24H43NO.C14H29NO/c1-3-5-7-9-10-11-12-13-14-15-16-17-18-19-20-22-24(26)25-23-21-8-6-4-2;1-2-3-4-5-6-7-8-9-10-11-12-13-14(15)16/h10-11,13-14,16-17H,3-9,12,15,18-23H2,1-2H3,(H,25,26);2-13H2,1H3,(H2,15,16)/b11-10-,14-13-,17-16-;. The molecule has 0 heterocycles. The summed E-state index contributed by atoms with van der Waals surface area (Å²) in [6, 6.07) is 0. The normalized spacial score (nSPS) is 11.4. The summed E-state index contributed by atoms with van der Waals surface area (Å²) in [7, 11) is 0. The highest BCUT2D eigenvalue weighted by Crippen LogP contribution is 2.11. The Bertz CT molecular complexity index is 639. The number of carbonyl (C=O) groups is 2. The van der Waals surface area contributed by atoms with Crippen molar-refractivity contribution in [1.29, 1.82) is 0 Å². The number of allylic oxidation sites excluding steroid dienone is 6. The maximum absolute atomic E-state index is 11.7. The molecule has 3 N–H and O–H groups in total. The van der Waals surface area contributed by atoms with Crippen LogP contribution in [-0.4, -0.2) is 18.4 Å². The first-order chi connectivity index (χ1) is 20.6. The van der Waals surface area contributed by atoms with Gasteiger partial charge in [0.2, 0.25) is 11.8 Å². The van der Waals surface area contributed by atoms with Crippen LogP contribution in [0.1, 0.15) is 188 Å². The third-order valence-electron chi connectivity index (χ3n) is 7.42. The summed E-state index contributed by atoms with van der Waals surface area (Å²) < 4.78 is 0.